The van der Waals surface area contributed by atoms with Crippen molar-refractivity contribution < 1.29 is 4.79 Å². The number of carbonyl (C=O) groups excluding carboxylic acids is 1. The lowest BCUT2D eigenvalue weighted by Crippen LogP contribution is -2.55. The van der Waals surface area contributed by atoms with Crippen molar-refractivity contribution in [3.8, 4) is 0 Å². The third-order valence-electron chi connectivity index (χ3n) is 4.80. The fraction of sp³-hybridized carbons (Fsp3) is 0.737. The van der Waals surface area contributed by atoms with Crippen LogP contribution in [0.3, 0.4) is 0 Å². The zero-order valence-electron chi connectivity index (χ0n) is 18.1. The van der Waals surface area contributed by atoms with Crippen molar-refractivity contribution in [2.45, 2.75) is 46.7 Å². The standard InChI is InChI=1S/C19H35N7O.HI/c1-7-20-19(21-8-9-25(15(2)3)16(4)5)24-10-11-26(18(27)14-24)17-12-22-23(6)13-17;/h12-13,15-16H,7-11,14H2,1-6H3,(H,20,21);1H. The number of carbonyl (C=O) groups is 1. The van der Waals surface area contributed by atoms with Gasteiger partial charge in [0.15, 0.2) is 5.96 Å². The van der Waals surface area contributed by atoms with Crippen molar-refractivity contribution in [1.82, 2.24) is 24.9 Å². The van der Waals surface area contributed by atoms with Crippen LogP contribution in [0.2, 0.25) is 0 Å². The number of aryl methyl sites for hydroxylation is 1. The molecule has 1 aliphatic rings. The maximum absolute atomic E-state index is 12.6. The first-order valence-electron chi connectivity index (χ1n) is 9.91. The van der Waals surface area contributed by atoms with E-state index in [2.05, 4.69) is 49.9 Å². The number of amides is 1. The first-order valence-corrected chi connectivity index (χ1v) is 9.91. The molecule has 160 valence electrons. The summed E-state index contributed by atoms with van der Waals surface area (Å²) in [5, 5.41) is 7.50. The molecule has 9 heteroatoms. The van der Waals surface area contributed by atoms with Gasteiger partial charge < -0.3 is 15.1 Å². The highest BCUT2D eigenvalue weighted by atomic mass is 127. The molecule has 0 saturated carbocycles. The third kappa shape index (κ3) is 6.61. The largest absolute Gasteiger partial charge is 0.357 e. The van der Waals surface area contributed by atoms with Gasteiger partial charge in [-0.15, -0.1) is 24.0 Å². The summed E-state index contributed by atoms with van der Waals surface area (Å²) < 4.78 is 1.72. The molecule has 0 spiro atoms. The number of nitrogens with one attached hydrogen (secondary N) is 1. The second-order valence-electron chi connectivity index (χ2n) is 7.50. The number of hydrogen-bond donors (Lipinski definition) is 1. The first kappa shape index (κ1) is 24.7. The van der Waals surface area contributed by atoms with Gasteiger partial charge in [-0.2, -0.15) is 5.10 Å². The lowest BCUT2D eigenvalue weighted by Gasteiger charge is -2.35. The number of hydrogen-bond acceptors (Lipinski definition) is 4. The van der Waals surface area contributed by atoms with Gasteiger partial charge in [0.1, 0.15) is 6.54 Å². The number of halogens is 1. The fourth-order valence-corrected chi connectivity index (χ4v) is 3.48. The van der Waals surface area contributed by atoms with Gasteiger partial charge in [0.2, 0.25) is 5.91 Å². The maximum Gasteiger partial charge on any atom is 0.246 e. The van der Waals surface area contributed by atoms with Crippen LogP contribution >= 0.6 is 24.0 Å². The number of anilines is 1. The van der Waals surface area contributed by atoms with Crippen LogP contribution in [0.5, 0.6) is 0 Å². The summed E-state index contributed by atoms with van der Waals surface area (Å²) in [6.07, 6.45) is 3.61. The Morgan fingerprint density at radius 3 is 2.46 bits per heavy atom. The van der Waals surface area contributed by atoms with Gasteiger partial charge in [-0.25, -0.2) is 0 Å². The van der Waals surface area contributed by atoms with E-state index in [-0.39, 0.29) is 29.9 Å². The summed E-state index contributed by atoms with van der Waals surface area (Å²) >= 11 is 0. The normalized spacial score (nSPS) is 15.6. The minimum Gasteiger partial charge on any atom is -0.357 e. The molecule has 1 aliphatic heterocycles. The van der Waals surface area contributed by atoms with Crippen LogP contribution in [0, 0.1) is 0 Å². The molecule has 0 radical (unpaired) electrons. The Kier molecular flexibility index (Phi) is 10.2. The number of nitrogens with zero attached hydrogens (tertiary/aromatic N) is 6. The van der Waals surface area contributed by atoms with E-state index in [1.807, 2.05) is 18.1 Å². The molecule has 8 nitrogen and oxygen atoms in total. The van der Waals surface area contributed by atoms with Crippen LogP contribution in [0.1, 0.15) is 34.6 Å². The van der Waals surface area contributed by atoms with E-state index in [0.29, 0.717) is 25.2 Å². The zero-order valence-corrected chi connectivity index (χ0v) is 20.4. The number of piperazine rings is 1. The molecule has 0 aliphatic carbocycles. The highest BCUT2D eigenvalue weighted by molar-refractivity contribution is 14.0. The van der Waals surface area contributed by atoms with Crippen LogP contribution in [0.4, 0.5) is 5.69 Å². The molecule has 1 saturated heterocycles. The van der Waals surface area contributed by atoms with Crippen molar-refractivity contribution in [1.29, 1.82) is 0 Å². The topological polar surface area (TPSA) is 69.0 Å². The third-order valence-corrected chi connectivity index (χ3v) is 4.80. The quantitative estimate of drug-likeness (QED) is 0.348. The molecular formula is C19H36IN7O. The lowest BCUT2D eigenvalue weighted by molar-refractivity contribution is -0.120. The van der Waals surface area contributed by atoms with Gasteiger partial charge in [0, 0.05) is 51.5 Å². The van der Waals surface area contributed by atoms with Gasteiger partial charge >= 0.3 is 0 Å². The van der Waals surface area contributed by atoms with E-state index in [9.17, 15) is 4.79 Å². The van der Waals surface area contributed by atoms with Crippen molar-refractivity contribution in [2.24, 2.45) is 12.0 Å². The van der Waals surface area contributed by atoms with Crippen LogP contribution in [-0.4, -0.2) is 82.8 Å². The maximum atomic E-state index is 12.6. The average molecular weight is 505 g/mol. The molecule has 0 bridgehead atoms. The van der Waals surface area contributed by atoms with E-state index in [1.54, 1.807) is 15.8 Å². The summed E-state index contributed by atoms with van der Waals surface area (Å²) in [6, 6.07) is 0.986. The molecule has 1 aromatic rings. The Morgan fingerprint density at radius 2 is 1.96 bits per heavy atom. The number of aliphatic imine (C=N–C) groups is 1. The first-order chi connectivity index (χ1) is 12.8. The zero-order chi connectivity index (χ0) is 20.0. The highest BCUT2D eigenvalue weighted by Crippen LogP contribution is 2.16. The number of aromatic nitrogens is 2. The summed E-state index contributed by atoms with van der Waals surface area (Å²) in [5.74, 6) is 0.898. The van der Waals surface area contributed by atoms with E-state index in [0.717, 1.165) is 37.8 Å². The SMILES string of the molecule is CCNC(=NCCN(C(C)C)C(C)C)N1CCN(c2cnn(C)c2)C(=O)C1.I. The molecule has 28 heavy (non-hydrogen) atoms. The van der Waals surface area contributed by atoms with Gasteiger partial charge in [0.25, 0.3) is 0 Å². The highest BCUT2D eigenvalue weighted by Gasteiger charge is 2.27. The van der Waals surface area contributed by atoms with Crippen molar-refractivity contribution >= 4 is 41.5 Å². The van der Waals surface area contributed by atoms with E-state index < -0.39 is 0 Å². The van der Waals surface area contributed by atoms with E-state index >= 15 is 0 Å². The number of rotatable bonds is 7. The molecule has 1 amide bonds. The molecule has 1 fully saturated rings. The van der Waals surface area contributed by atoms with E-state index in [4.69, 9.17) is 4.99 Å². The second-order valence-corrected chi connectivity index (χ2v) is 7.50. The Hall–Kier alpha value is -1.36. The smallest absolute Gasteiger partial charge is 0.246 e. The average Bonchev–Trinajstić information content (AvgIpc) is 3.03. The molecule has 2 heterocycles. The summed E-state index contributed by atoms with van der Waals surface area (Å²) in [6.45, 7) is 15.0. The van der Waals surface area contributed by atoms with Gasteiger partial charge in [-0.1, -0.05) is 0 Å². The Morgan fingerprint density at radius 1 is 1.29 bits per heavy atom. The van der Waals surface area contributed by atoms with Crippen molar-refractivity contribution in [2.75, 3.05) is 44.2 Å². The van der Waals surface area contributed by atoms with E-state index in [1.165, 1.54) is 0 Å². The van der Waals surface area contributed by atoms with Crippen molar-refractivity contribution in [3.05, 3.63) is 12.4 Å². The van der Waals surface area contributed by atoms with Crippen molar-refractivity contribution in [3.63, 3.8) is 0 Å². The molecule has 0 atom stereocenters. The Labute approximate surface area is 186 Å². The van der Waals surface area contributed by atoms with Crippen LogP contribution in [0.25, 0.3) is 0 Å². The lowest BCUT2D eigenvalue weighted by atomic mass is 10.2. The van der Waals surface area contributed by atoms with Gasteiger partial charge in [0.05, 0.1) is 18.4 Å². The molecule has 2 rings (SSSR count). The van der Waals surface area contributed by atoms with Gasteiger partial charge in [-0.3, -0.25) is 19.4 Å². The summed E-state index contributed by atoms with van der Waals surface area (Å²) in [7, 11) is 1.86. The molecule has 0 aromatic carbocycles. The number of guanidine groups is 1. The van der Waals surface area contributed by atoms with Crippen LogP contribution in [-0.2, 0) is 11.8 Å². The van der Waals surface area contributed by atoms with Crippen LogP contribution in [0.15, 0.2) is 17.4 Å². The van der Waals surface area contributed by atoms with Crippen LogP contribution < -0.4 is 10.2 Å². The second kappa shape index (κ2) is 11.6. The predicted octanol–water partition coefficient (Wildman–Crippen LogP) is 1.77. The molecular weight excluding hydrogens is 469 g/mol. The fourth-order valence-electron chi connectivity index (χ4n) is 3.48. The molecule has 1 N–H and O–H groups in total. The summed E-state index contributed by atoms with van der Waals surface area (Å²) in [5.41, 5.74) is 0.855. The monoisotopic (exact) mass is 505 g/mol. The Bertz CT molecular complexity index is 636. The molecule has 0 unspecified atom stereocenters. The Balaban J connectivity index is 0.00000392. The van der Waals surface area contributed by atoms with Gasteiger partial charge in [-0.05, 0) is 34.6 Å². The minimum atomic E-state index is 0. The molecule has 1 aromatic heterocycles. The summed E-state index contributed by atoms with van der Waals surface area (Å²) in [4.78, 5) is 23.7. The minimum absolute atomic E-state index is 0. The predicted molar refractivity (Wildman–Crippen MR) is 126 cm³/mol.